The van der Waals surface area contributed by atoms with Gasteiger partial charge in [0, 0.05) is 29.3 Å². The Labute approximate surface area is 148 Å². The summed E-state index contributed by atoms with van der Waals surface area (Å²) in [4.78, 5) is 0. The van der Waals surface area contributed by atoms with Crippen LogP contribution in [-0.2, 0) is 0 Å². The molecular formula is C24H20N+. The predicted molar refractivity (Wildman–Crippen MR) is 104 cm³/mol. The largest absolute Gasteiger partial charge is 0.219 e. The molecule has 0 atom stereocenters. The van der Waals surface area contributed by atoms with Crippen molar-refractivity contribution in [1.82, 2.24) is 0 Å². The van der Waals surface area contributed by atoms with E-state index in [0.717, 1.165) is 0 Å². The molecule has 1 aromatic heterocycles. The van der Waals surface area contributed by atoms with Crippen LogP contribution in [0.15, 0.2) is 103 Å². The van der Waals surface area contributed by atoms with E-state index >= 15 is 0 Å². The lowest BCUT2D eigenvalue weighted by atomic mass is 10.0. The molecule has 0 saturated carbocycles. The monoisotopic (exact) mass is 322 g/mol. The number of aryl methyl sites for hydroxylation is 1. The number of benzene rings is 3. The molecule has 0 aliphatic carbocycles. The van der Waals surface area contributed by atoms with E-state index in [9.17, 15) is 0 Å². The number of pyridine rings is 1. The predicted octanol–water partition coefficient (Wildman–Crippen LogP) is 5.61. The zero-order valence-electron chi connectivity index (χ0n) is 14.3. The van der Waals surface area contributed by atoms with Crippen molar-refractivity contribution in [2.45, 2.75) is 6.92 Å². The van der Waals surface area contributed by atoms with E-state index in [2.05, 4.69) is 115 Å². The van der Waals surface area contributed by atoms with Crippen LogP contribution >= 0.6 is 0 Å². The second kappa shape index (κ2) is 6.74. The number of hydrogen-bond acceptors (Lipinski definition) is 0. The smallest absolute Gasteiger partial charge is 0.160 e. The Morgan fingerprint density at radius 1 is 0.560 bits per heavy atom. The summed E-state index contributed by atoms with van der Waals surface area (Å²) in [5.74, 6) is 0. The standard InChI is InChI=1S/C24H20N/c1-19-10-8-9-15-23(19)25-17-16-22(20-11-4-2-5-12-20)18-24(25)21-13-6-3-7-14-21/h2-18H,1H3/q+1. The number of hydrogen-bond donors (Lipinski definition) is 0. The average molecular weight is 322 g/mol. The molecule has 0 saturated heterocycles. The molecule has 0 radical (unpaired) electrons. The highest BCUT2D eigenvalue weighted by molar-refractivity contribution is 5.69. The summed E-state index contributed by atoms with van der Waals surface area (Å²) >= 11 is 0. The van der Waals surface area contributed by atoms with Crippen molar-refractivity contribution in [3.05, 3.63) is 109 Å². The van der Waals surface area contributed by atoms with E-state index in [-0.39, 0.29) is 0 Å². The molecule has 1 nitrogen and oxygen atoms in total. The van der Waals surface area contributed by atoms with E-state index < -0.39 is 0 Å². The lowest BCUT2D eigenvalue weighted by Crippen LogP contribution is -2.33. The van der Waals surface area contributed by atoms with Gasteiger partial charge in [-0.25, -0.2) is 0 Å². The van der Waals surface area contributed by atoms with Gasteiger partial charge in [-0.2, -0.15) is 4.57 Å². The first-order chi connectivity index (χ1) is 12.3. The molecule has 0 fully saturated rings. The summed E-state index contributed by atoms with van der Waals surface area (Å²) in [6.07, 6.45) is 2.17. The third kappa shape index (κ3) is 3.09. The number of rotatable bonds is 3. The van der Waals surface area contributed by atoms with Crippen LogP contribution in [0.5, 0.6) is 0 Å². The van der Waals surface area contributed by atoms with E-state index in [1.54, 1.807) is 0 Å². The zero-order chi connectivity index (χ0) is 17.1. The maximum atomic E-state index is 2.27. The van der Waals surface area contributed by atoms with Crippen molar-refractivity contribution < 1.29 is 4.57 Å². The fourth-order valence-electron chi connectivity index (χ4n) is 3.19. The van der Waals surface area contributed by atoms with Crippen molar-refractivity contribution in [1.29, 1.82) is 0 Å². The highest BCUT2D eigenvalue weighted by Gasteiger charge is 2.18. The van der Waals surface area contributed by atoms with Crippen LogP contribution in [-0.4, -0.2) is 0 Å². The molecule has 0 bridgehead atoms. The highest BCUT2D eigenvalue weighted by Crippen LogP contribution is 2.25. The first-order valence-electron chi connectivity index (χ1n) is 8.55. The van der Waals surface area contributed by atoms with Gasteiger partial charge in [0.2, 0.25) is 11.4 Å². The quantitative estimate of drug-likeness (QED) is 0.432. The van der Waals surface area contributed by atoms with Crippen molar-refractivity contribution in [2.75, 3.05) is 0 Å². The molecule has 1 heteroatoms. The molecule has 4 aromatic rings. The lowest BCUT2D eigenvalue weighted by Gasteiger charge is -2.08. The Morgan fingerprint density at radius 3 is 1.84 bits per heavy atom. The van der Waals surface area contributed by atoms with Gasteiger partial charge in [0.15, 0.2) is 6.20 Å². The van der Waals surface area contributed by atoms with E-state index in [0.29, 0.717) is 0 Å². The Morgan fingerprint density at radius 2 is 1.16 bits per heavy atom. The minimum Gasteiger partial charge on any atom is -0.160 e. The molecule has 0 amide bonds. The Balaban J connectivity index is 1.95. The summed E-state index contributed by atoms with van der Waals surface area (Å²) in [5.41, 5.74) is 7.33. The van der Waals surface area contributed by atoms with Crippen molar-refractivity contribution in [3.8, 4) is 28.1 Å². The summed E-state index contributed by atoms with van der Waals surface area (Å²) in [7, 11) is 0. The van der Waals surface area contributed by atoms with Gasteiger partial charge in [0.05, 0.1) is 0 Å². The third-order valence-electron chi connectivity index (χ3n) is 4.51. The molecule has 120 valence electrons. The minimum atomic E-state index is 1.19. The van der Waals surface area contributed by atoms with Gasteiger partial charge in [-0.15, -0.1) is 0 Å². The fourth-order valence-corrected chi connectivity index (χ4v) is 3.19. The normalized spacial score (nSPS) is 10.6. The van der Waals surface area contributed by atoms with Crippen molar-refractivity contribution in [2.24, 2.45) is 0 Å². The first kappa shape index (κ1) is 15.3. The van der Waals surface area contributed by atoms with Crippen LogP contribution in [0.2, 0.25) is 0 Å². The summed E-state index contributed by atoms with van der Waals surface area (Å²) in [6, 6.07) is 34.1. The maximum Gasteiger partial charge on any atom is 0.219 e. The molecule has 25 heavy (non-hydrogen) atoms. The SMILES string of the molecule is Cc1ccccc1-[n+]1ccc(-c2ccccc2)cc1-c1ccccc1. The summed E-state index contributed by atoms with van der Waals surface area (Å²) in [6.45, 7) is 2.15. The summed E-state index contributed by atoms with van der Waals surface area (Å²) < 4.78 is 2.27. The topological polar surface area (TPSA) is 3.88 Å². The lowest BCUT2D eigenvalue weighted by molar-refractivity contribution is -0.584. The van der Waals surface area contributed by atoms with Crippen LogP contribution in [0.1, 0.15) is 5.56 Å². The van der Waals surface area contributed by atoms with Gasteiger partial charge in [-0.1, -0.05) is 66.7 Å². The highest BCUT2D eigenvalue weighted by atomic mass is 15.0. The molecule has 3 aromatic carbocycles. The van der Waals surface area contributed by atoms with Crippen molar-refractivity contribution in [3.63, 3.8) is 0 Å². The van der Waals surface area contributed by atoms with E-state index in [4.69, 9.17) is 0 Å². The van der Waals surface area contributed by atoms with Crippen LogP contribution in [0.25, 0.3) is 28.1 Å². The first-order valence-corrected chi connectivity index (χ1v) is 8.55. The van der Waals surface area contributed by atoms with Crippen LogP contribution < -0.4 is 4.57 Å². The van der Waals surface area contributed by atoms with Crippen molar-refractivity contribution >= 4 is 0 Å². The molecule has 0 aliphatic heterocycles. The second-order valence-corrected chi connectivity index (χ2v) is 6.19. The molecule has 4 rings (SSSR count). The van der Waals surface area contributed by atoms with Crippen LogP contribution in [0.3, 0.4) is 0 Å². The minimum absolute atomic E-state index is 1.19. The van der Waals surface area contributed by atoms with E-state index in [1.807, 2.05) is 0 Å². The molecule has 0 spiro atoms. The Bertz CT molecular complexity index is 989. The Hall–Kier alpha value is -3.19. The average Bonchev–Trinajstić information content (AvgIpc) is 2.69. The van der Waals surface area contributed by atoms with Crippen LogP contribution in [0.4, 0.5) is 0 Å². The van der Waals surface area contributed by atoms with Gasteiger partial charge < -0.3 is 0 Å². The van der Waals surface area contributed by atoms with Gasteiger partial charge in [0.25, 0.3) is 0 Å². The zero-order valence-corrected chi connectivity index (χ0v) is 14.3. The Kier molecular flexibility index (Phi) is 4.14. The number of aromatic nitrogens is 1. The third-order valence-corrected chi connectivity index (χ3v) is 4.51. The van der Waals surface area contributed by atoms with Gasteiger partial charge >= 0.3 is 0 Å². The van der Waals surface area contributed by atoms with Gasteiger partial charge in [0.1, 0.15) is 0 Å². The molecule has 1 heterocycles. The maximum absolute atomic E-state index is 2.27. The molecule has 0 unspecified atom stereocenters. The van der Waals surface area contributed by atoms with Gasteiger partial charge in [-0.05, 0) is 30.2 Å². The molecule has 0 aliphatic rings. The van der Waals surface area contributed by atoms with E-state index in [1.165, 1.54) is 33.6 Å². The van der Waals surface area contributed by atoms with Crippen LogP contribution in [0, 0.1) is 6.92 Å². The second-order valence-electron chi connectivity index (χ2n) is 6.19. The molecular weight excluding hydrogens is 302 g/mol. The number of nitrogens with zero attached hydrogens (tertiary/aromatic N) is 1. The number of para-hydroxylation sites is 1. The van der Waals surface area contributed by atoms with Gasteiger partial charge in [-0.3, -0.25) is 0 Å². The molecule has 0 N–H and O–H groups in total. The summed E-state index contributed by atoms with van der Waals surface area (Å²) in [5, 5.41) is 0. The fraction of sp³-hybridized carbons (Fsp3) is 0.0417.